The molecule has 0 saturated heterocycles. The molecule has 2 aromatic rings. The monoisotopic (exact) mass is 557 g/mol. The van der Waals surface area contributed by atoms with Crippen molar-refractivity contribution in [2.45, 2.75) is 147 Å². The Morgan fingerprint density at radius 2 is 1.27 bits per heavy atom. The minimum absolute atomic E-state index is 0.116. The van der Waals surface area contributed by atoms with Gasteiger partial charge in [-0.25, -0.2) is 4.39 Å². The smallest absolute Gasteiger partial charge is 0.160 e. The van der Waals surface area contributed by atoms with Gasteiger partial charge in [0.15, 0.2) is 5.78 Å². The second-order valence-electron chi connectivity index (χ2n) is 10.8. The second kappa shape index (κ2) is 29.8. The van der Waals surface area contributed by atoms with Crippen molar-refractivity contribution in [1.29, 1.82) is 0 Å². The molecule has 0 bridgehead atoms. The third kappa shape index (κ3) is 26.0. The van der Waals surface area contributed by atoms with Crippen molar-refractivity contribution in [2.24, 2.45) is 5.92 Å². The van der Waals surface area contributed by atoms with E-state index in [1.165, 1.54) is 75.8 Å². The zero-order valence-corrected chi connectivity index (χ0v) is 28.6. The van der Waals surface area contributed by atoms with Gasteiger partial charge in [0.05, 0.1) is 0 Å². The number of hydrogen-bond acceptors (Lipinski definition) is 1. The lowest BCUT2D eigenvalue weighted by atomic mass is 10.0. The van der Waals surface area contributed by atoms with Gasteiger partial charge in [-0.05, 0) is 63.3 Å². The third-order valence-corrected chi connectivity index (χ3v) is 6.40. The van der Waals surface area contributed by atoms with Crippen LogP contribution in [0.3, 0.4) is 0 Å². The molecule has 1 unspecified atom stereocenters. The van der Waals surface area contributed by atoms with Crippen molar-refractivity contribution in [3.63, 3.8) is 0 Å². The number of halogens is 1. The van der Waals surface area contributed by atoms with Crippen LogP contribution in [0.1, 0.15) is 159 Å². The van der Waals surface area contributed by atoms with Gasteiger partial charge >= 0.3 is 0 Å². The summed E-state index contributed by atoms with van der Waals surface area (Å²) in [5.41, 5.74) is 4.66. The second-order valence-corrected chi connectivity index (χ2v) is 10.8. The van der Waals surface area contributed by atoms with Crippen molar-refractivity contribution in [3.8, 4) is 0 Å². The third-order valence-electron chi connectivity index (χ3n) is 6.40. The van der Waals surface area contributed by atoms with E-state index in [0.717, 1.165) is 22.6 Å². The van der Waals surface area contributed by atoms with Gasteiger partial charge in [0.25, 0.3) is 0 Å². The molecule has 0 N–H and O–H groups in total. The van der Waals surface area contributed by atoms with Crippen LogP contribution in [0.25, 0.3) is 6.08 Å². The van der Waals surface area contributed by atoms with Gasteiger partial charge in [0, 0.05) is 5.56 Å². The first-order chi connectivity index (χ1) is 19.0. The highest BCUT2D eigenvalue weighted by atomic mass is 19.1. The molecular formula is C38H65FO. The van der Waals surface area contributed by atoms with Gasteiger partial charge in [-0.1, -0.05) is 161 Å². The number of carbonyl (C=O) groups is 1. The standard InChI is InChI=1S/C12H14O.C8H9F.C7H16.C6H14.C5H12/c1-4-5-11-8-9(2)6-7-12(11)10(3)13;1-6-3-4-7(2)8(9)5-6;1-4-6-7(3)5-2;1-3-5-6-4-2;1-3-5-4-2/h4-8H,1-3H3;3-5H,1-2H3;7H,4-6H2,1-3H3;3-6H2,1-2H3;3-5H2,1-2H3/b5-4-;;;;. The van der Waals surface area contributed by atoms with Crippen LogP contribution in [0.15, 0.2) is 42.5 Å². The van der Waals surface area contributed by atoms with Crippen LogP contribution in [0.4, 0.5) is 4.39 Å². The molecule has 0 aliphatic carbocycles. The minimum Gasteiger partial charge on any atom is -0.294 e. The summed E-state index contributed by atoms with van der Waals surface area (Å²) < 4.78 is 12.6. The molecule has 0 fully saturated rings. The molecule has 230 valence electrons. The summed E-state index contributed by atoms with van der Waals surface area (Å²) in [7, 11) is 0. The zero-order valence-electron chi connectivity index (χ0n) is 28.6. The first-order valence-electron chi connectivity index (χ1n) is 16.0. The highest BCUT2D eigenvalue weighted by Gasteiger charge is 2.03. The van der Waals surface area contributed by atoms with Gasteiger partial charge in [-0.15, -0.1) is 0 Å². The normalized spacial score (nSPS) is 10.5. The Hall–Kier alpha value is -2.22. The van der Waals surface area contributed by atoms with E-state index < -0.39 is 0 Å². The first kappa shape index (κ1) is 42.2. The number of carbonyl (C=O) groups excluding carboxylic acids is 1. The SMILES string of the molecule is C/C=C\c1cc(C)ccc1C(C)=O.CCCC(C)CC.CCCCC.CCCCCC.Cc1ccc(C)c(F)c1. The number of aryl methyl sites for hydroxylation is 3. The largest absolute Gasteiger partial charge is 0.294 e. The Kier molecular flexibility index (Phi) is 31.4. The van der Waals surface area contributed by atoms with Gasteiger partial charge < -0.3 is 0 Å². The Balaban J connectivity index is -0.000000450. The van der Waals surface area contributed by atoms with E-state index in [1.54, 1.807) is 19.9 Å². The molecule has 0 aromatic heterocycles. The zero-order chi connectivity index (χ0) is 31.3. The van der Waals surface area contributed by atoms with Gasteiger partial charge in [0.2, 0.25) is 0 Å². The predicted molar refractivity (Wildman–Crippen MR) is 181 cm³/mol. The average molecular weight is 557 g/mol. The molecule has 2 heteroatoms. The maximum atomic E-state index is 12.6. The number of unbranched alkanes of at least 4 members (excludes halogenated alkanes) is 5. The number of Topliss-reactive ketones (excluding diaryl/α,β-unsaturated/α-hetero) is 1. The number of benzene rings is 2. The number of allylic oxidation sites excluding steroid dienone is 1. The first-order valence-corrected chi connectivity index (χ1v) is 16.0. The lowest BCUT2D eigenvalue weighted by Crippen LogP contribution is -1.95. The van der Waals surface area contributed by atoms with Crippen LogP contribution in [0.5, 0.6) is 0 Å². The summed E-state index contributed by atoms with van der Waals surface area (Å²) >= 11 is 0. The van der Waals surface area contributed by atoms with Crippen LogP contribution in [0.2, 0.25) is 0 Å². The molecular weight excluding hydrogens is 491 g/mol. The maximum Gasteiger partial charge on any atom is 0.160 e. The van der Waals surface area contributed by atoms with E-state index >= 15 is 0 Å². The summed E-state index contributed by atoms with van der Waals surface area (Å²) in [5, 5.41) is 0. The van der Waals surface area contributed by atoms with E-state index in [9.17, 15) is 9.18 Å². The molecule has 0 aliphatic rings. The summed E-state index contributed by atoms with van der Waals surface area (Å²) in [5.74, 6) is 0.952. The van der Waals surface area contributed by atoms with Crippen molar-refractivity contribution in [3.05, 3.63) is 76.1 Å². The molecule has 0 saturated carbocycles. The van der Waals surface area contributed by atoms with Crippen LogP contribution in [-0.2, 0) is 0 Å². The van der Waals surface area contributed by atoms with Crippen molar-refractivity contribution in [2.75, 3.05) is 0 Å². The highest BCUT2D eigenvalue weighted by Crippen LogP contribution is 2.14. The fraction of sp³-hybridized carbons (Fsp3) is 0.605. The molecule has 0 heterocycles. The Morgan fingerprint density at radius 1 is 0.775 bits per heavy atom. The molecule has 1 atom stereocenters. The highest BCUT2D eigenvalue weighted by molar-refractivity contribution is 5.97. The lowest BCUT2D eigenvalue weighted by molar-refractivity contribution is 0.101. The van der Waals surface area contributed by atoms with E-state index in [4.69, 9.17) is 0 Å². The average Bonchev–Trinajstić information content (AvgIpc) is 2.92. The van der Waals surface area contributed by atoms with Crippen molar-refractivity contribution in [1.82, 2.24) is 0 Å². The van der Waals surface area contributed by atoms with Gasteiger partial charge in [-0.3, -0.25) is 4.79 Å². The maximum absolute atomic E-state index is 12.6. The van der Waals surface area contributed by atoms with Crippen molar-refractivity contribution >= 4 is 11.9 Å². The fourth-order valence-electron chi connectivity index (χ4n) is 3.57. The number of rotatable bonds is 10. The molecule has 2 rings (SSSR count). The van der Waals surface area contributed by atoms with Crippen molar-refractivity contribution < 1.29 is 9.18 Å². The fourth-order valence-corrected chi connectivity index (χ4v) is 3.57. The minimum atomic E-state index is -0.116. The summed E-state index contributed by atoms with van der Waals surface area (Å²) in [4.78, 5) is 11.2. The number of hydrogen-bond donors (Lipinski definition) is 0. The summed E-state index contributed by atoms with van der Waals surface area (Å²) in [6, 6.07) is 11.1. The van der Waals surface area contributed by atoms with Crippen LogP contribution >= 0.6 is 0 Å². The molecule has 0 spiro atoms. The predicted octanol–water partition coefficient (Wildman–Crippen LogP) is 13.3. The van der Waals surface area contributed by atoms with Gasteiger partial charge in [-0.2, -0.15) is 0 Å². The van der Waals surface area contributed by atoms with E-state index in [2.05, 4.69) is 48.5 Å². The molecule has 1 nitrogen and oxygen atoms in total. The Bertz CT molecular complexity index is 875. The summed E-state index contributed by atoms with van der Waals surface area (Å²) in [6.07, 6.45) is 17.6. The summed E-state index contributed by atoms with van der Waals surface area (Å²) in [6.45, 7) is 24.9. The van der Waals surface area contributed by atoms with E-state index in [0.29, 0.717) is 5.56 Å². The quantitative estimate of drug-likeness (QED) is 0.210. The molecule has 0 amide bonds. The lowest BCUT2D eigenvalue weighted by Gasteiger charge is -2.02. The van der Waals surface area contributed by atoms with Crippen LogP contribution in [-0.4, -0.2) is 5.78 Å². The van der Waals surface area contributed by atoms with E-state index in [-0.39, 0.29) is 11.6 Å². The molecule has 0 aliphatic heterocycles. The Morgan fingerprint density at radius 3 is 1.60 bits per heavy atom. The Labute approximate surface area is 250 Å². The van der Waals surface area contributed by atoms with E-state index in [1.807, 2.05) is 57.2 Å². The molecule has 0 radical (unpaired) electrons. The number of ketones is 1. The van der Waals surface area contributed by atoms with Gasteiger partial charge in [0.1, 0.15) is 5.82 Å². The van der Waals surface area contributed by atoms with Crippen LogP contribution in [0, 0.1) is 32.5 Å². The molecule has 40 heavy (non-hydrogen) atoms. The topological polar surface area (TPSA) is 17.1 Å². The molecule has 2 aromatic carbocycles. The van der Waals surface area contributed by atoms with Crippen LogP contribution < -0.4 is 0 Å².